The van der Waals surface area contributed by atoms with E-state index in [9.17, 15) is 15.3 Å². The third kappa shape index (κ3) is 4.46. The monoisotopic (exact) mass is 583 g/mol. The van der Waals surface area contributed by atoms with Gasteiger partial charge in [-0.15, -0.1) is 5.10 Å². The number of hydrogen-bond acceptors (Lipinski definition) is 8. The molecular weight excluding hydrogens is 550 g/mol. The first-order valence-electron chi connectivity index (χ1n) is 14.9. The molecule has 3 aliphatic rings. The molecule has 0 aliphatic heterocycles. The molecule has 1 atom stereocenters. The lowest BCUT2D eigenvalue weighted by molar-refractivity contribution is -0.0989. The summed E-state index contributed by atoms with van der Waals surface area (Å²) in [6, 6.07) is 15.4. The van der Waals surface area contributed by atoms with E-state index >= 15 is 0 Å². The van der Waals surface area contributed by atoms with Crippen LogP contribution in [-0.4, -0.2) is 31.1 Å². The molecule has 5 aromatic rings. The Bertz CT molecular complexity index is 2090. The van der Waals surface area contributed by atoms with Crippen molar-refractivity contribution in [3.63, 3.8) is 0 Å². The Hall–Kier alpha value is -5.22. The van der Waals surface area contributed by atoms with Gasteiger partial charge >= 0.3 is 0 Å². The maximum absolute atomic E-state index is 13.1. The van der Waals surface area contributed by atoms with Crippen molar-refractivity contribution in [3.8, 4) is 12.1 Å². The molecule has 3 aromatic heterocycles. The number of aromatic nitrogens is 5. The van der Waals surface area contributed by atoms with E-state index in [1.807, 2.05) is 41.2 Å². The Kier molecular flexibility index (Phi) is 6.22. The highest BCUT2D eigenvalue weighted by Crippen LogP contribution is 2.62. The van der Waals surface area contributed by atoms with E-state index in [2.05, 4.69) is 58.8 Å². The van der Waals surface area contributed by atoms with Gasteiger partial charge in [-0.2, -0.15) is 10.5 Å². The van der Waals surface area contributed by atoms with Gasteiger partial charge in [-0.05, 0) is 65.8 Å². The Balaban J connectivity index is 1.39. The Labute approximate surface area is 254 Å². The number of anilines is 2. The molecule has 10 nitrogen and oxygen atoms in total. The fourth-order valence-corrected chi connectivity index (χ4v) is 6.58. The number of nitrogens with one attached hydrogen (secondary N) is 2. The average molecular weight is 584 g/mol. The summed E-state index contributed by atoms with van der Waals surface area (Å²) in [5, 5.41) is 38.5. The summed E-state index contributed by atoms with van der Waals surface area (Å²) in [4.78, 5) is 17.6. The molecule has 3 saturated carbocycles. The fourth-order valence-electron chi connectivity index (χ4n) is 6.58. The molecular formula is C34H33N9O. The van der Waals surface area contributed by atoms with Crippen LogP contribution in [0.3, 0.4) is 0 Å². The van der Waals surface area contributed by atoms with Crippen LogP contribution in [0, 0.1) is 34.0 Å². The van der Waals surface area contributed by atoms with Gasteiger partial charge in [0.05, 0.1) is 40.1 Å². The predicted octanol–water partition coefficient (Wildman–Crippen LogP) is 5.59. The minimum absolute atomic E-state index is 0.0427. The minimum Gasteiger partial charge on any atom is -0.383 e. The highest BCUT2D eigenvalue weighted by molar-refractivity contribution is 5.99. The first-order valence-corrected chi connectivity index (χ1v) is 14.9. The summed E-state index contributed by atoms with van der Waals surface area (Å²) in [5.41, 5.74) is 4.16. The molecule has 3 aliphatic carbocycles. The third-order valence-electron chi connectivity index (χ3n) is 9.08. The number of hydrogen-bond donors (Lipinski definition) is 2. The molecule has 220 valence electrons. The third-order valence-corrected chi connectivity index (χ3v) is 9.08. The van der Waals surface area contributed by atoms with Gasteiger partial charge in [-0.1, -0.05) is 38.1 Å². The molecule has 10 heteroatoms. The van der Waals surface area contributed by atoms with Crippen LogP contribution in [0.15, 0.2) is 59.8 Å². The van der Waals surface area contributed by atoms with Crippen molar-refractivity contribution in [1.82, 2.24) is 24.5 Å². The van der Waals surface area contributed by atoms with Crippen molar-refractivity contribution in [3.05, 3.63) is 87.7 Å². The maximum Gasteiger partial charge on any atom is 0.258 e. The van der Waals surface area contributed by atoms with Crippen molar-refractivity contribution < 1.29 is 0 Å². The van der Waals surface area contributed by atoms with Gasteiger partial charge in [0.1, 0.15) is 17.8 Å². The first-order chi connectivity index (χ1) is 21.1. The number of benzene rings is 2. The number of fused-ring (bicyclic) bond motifs is 2. The summed E-state index contributed by atoms with van der Waals surface area (Å²) in [6.07, 6.45) is 8.71. The lowest BCUT2D eigenvalue weighted by Gasteiger charge is -2.61. The smallest absolute Gasteiger partial charge is 0.258 e. The largest absolute Gasteiger partial charge is 0.383 e. The average Bonchev–Trinajstić information content (AvgIpc) is 3.43. The van der Waals surface area contributed by atoms with Crippen LogP contribution in [0.5, 0.6) is 0 Å². The molecule has 3 heterocycles. The van der Waals surface area contributed by atoms with Crippen molar-refractivity contribution in [2.75, 3.05) is 17.2 Å². The van der Waals surface area contributed by atoms with E-state index in [-0.39, 0.29) is 16.5 Å². The molecule has 1 unspecified atom stereocenters. The number of nitrogens with zero attached hydrogens (tertiary/aromatic N) is 7. The Morgan fingerprint density at radius 2 is 1.84 bits per heavy atom. The minimum atomic E-state index is -0.478. The van der Waals surface area contributed by atoms with Crippen LogP contribution in [0.1, 0.15) is 68.5 Å². The fraction of sp³-hybridized carbons (Fsp3) is 0.353. The van der Waals surface area contributed by atoms with Crippen LogP contribution in [-0.2, 0) is 12.6 Å². The molecule has 2 N–H and O–H groups in total. The topological polar surface area (TPSA) is 137 Å². The van der Waals surface area contributed by atoms with Crippen LogP contribution in [0.2, 0.25) is 0 Å². The van der Waals surface area contributed by atoms with Crippen molar-refractivity contribution in [2.45, 2.75) is 51.6 Å². The standard InChI is InChI=1S/C34H33N9O/c1-33(2,3)19-38-30-22(16-36)17-37-29-21(15-35)10-23(11-27(29)30)39-31(28-18-43(41-40-28)34-12-20(13-34)14-34)25-6-5-7-26-24(25)8-9-42(4)32(26)44/h5-11,17-18,20,31,39H,12-14,19H2,1-4H3,(H,37,38). The number of nitriles is 2. The molecule has 0 spiro atoms. The molecule has 2 bridgehead atoms. The Morgan fingerprint density at radius 1 is 1.07 bits per heavy atom. The van der Waals surface area contributed by atoms with Crippen molar-refractivity contribution >= 4 is 33.1 Å². The van der Waals surface area contributed by atoms with Gasteiger partial charge in [0, 0.05) is 42.4 Å². The molecule has 3 fully saturated rings. The summed E-state index contributed by atoms with van der Waals surface area (Å²) in [5.74, 6) is 0.792. The van der Waals surface area contributed by atoms with Crippen molar-refractivity contribution in [1.29, 1.82) is 10.5 Å². The zero-order valence-corrected chi connectivity index (χ0v) is 25.2. The molecule has 2 aromatic carbocycles. The molecule has 8 rings (SSSR count). The molecule has 0 amide bonds. The van der Waals surface area contributed by atoms with Crippen LogP contribution in [0.25, 0.3) is 21.7 Å². The molecule has 44 heavy (non-hydrogen) atoms. The van der Waals surface area contributed by atoms with Gasteiger partial charge in [-0.3, -0.25) is 9.78 Å². The summed E-state index contributed by atoms with van der Waals surface area (Å²) >= 11 is 0. The van der Waals surface area contributed by atoms with E-state index < -0.39 is 6.04 Å². The van der Waals surface area contributed by atoms with Crippen LogP contribution >= 0.6 is 0 Å². The lowest BCUT2D eigenvalue weighted by Crippen LogP contribution is -2.59. The van der Waals surface area contributed by atoms with E-state index in [0.29, 0.717) is 45.3 Å². The highest BCUT2D eigenvalue weighted by Gasteiger charge is 2.59. The van der Waals surface area contributed by atoms with Gasteiger partial charge in [0.25, 0.3) is 5.56 Å². The van der Waals surface area contributed by atoms with E-state index in [1.165, 1.54) is 6.20 Å². The van der Waals surface area contributed by atoms with Crippen LogP contribution in [0.4, 0.5) is 11.4 Å². The second-order valence-corrected chi connectivity index (χ2v) is 13.5. The normalized spacial score (nSPS) is 19.5. The summed E-state index contributed by atoms with van der Waals surface area (Å²) in [6.45, 7) is 6.97. The van der Waals surface area contributed by atoms with Gasteiger partial charge < -0.3 is 15.2 Å². The summed E-state index contributed by atoms with van der Waals surface area (Å²) in [7, 11) is 1.74. The SMILES string of the molecule is Cn1ccc2c(C(Nc3cc(C#N)c4ncc(C#N)c(NCC(C)(C)C)c4c3)c3cn(C45CC(C4)C5)nn3)cccc2c1=O. The number of rotatable bonds is 7. The van der Waals surface area contributed by atoms with Crippen LogP contribution < -0.4 is 16.2 Å². The molecule has 0 saturated heterocycles. The van der Waals surface area contributed by atoms with Gasteiger partial charge in [-0.25, -0.2) is 4.68 Å². The highest BCUT2D eigenvalue weighted by atomic mass is 16.1. The maximum atomic E-state index is 13.1. The zero-order valence-electron chi connectivity index (χ0n) is 25.2. The lowest BCUT2D eigenvalue weighted by atomic mass is 9.50. The second kappa shape index (κ2) is 9.92. The van der Waals surface area contributed by atoms with Gasteiger partial charge in [0.15, 0.2) is 0 Å². The van der Waals surface area contributed by atoms with E-state index in [1.54, 1.807) is 23.9 Å². The van der Waals surface area contributed by atoms with Crippen molar-refractivity contribution in [2.24, 2.45) is 18.4 Å². The van der Waals surface area contributed by atoms with E-state index in [0.717, 1.165) is 41.8 Å². The van der Waals surface area contributed by atoms with E-state index in [4.69, 9.17) is 0 Å². The first kappa shape index (κ1) is 27.6. The predicted molar refractivity (Wildman–Crippen MR) is 169 cm³/mol. The van der Waals surface area contributed by atoms with Gasteiger partial charge in [0.2, 0.25) is 0 Å². The quantitative estimate of drug-likeness (QED) is 0.253. The number of pyridine rings is 2. The number of aryl methyl sites for hydroxylation is 1. The Morgan fingerprint density at radius 3 is 2.52 bits per heavy atom. The second-order valence-electron chi connectivity index (χ2n) is 13.5. The zero-order chi connectivity index (χ0) is 30.8. The summed E-state index contributed by atoms with van der Waals surface area (Å²) < 4.78 is 3.59. The molecule has 0 radical (unpaired) electrons.